The Labute approximate surface area is 120 Å². The molecule has 0 atom stereocenters. The molecule has 0 spiro atoms. The quantitative estimate of drug-likeness (QED) is 0.947. The zero-order chi connectivity index (χ0) is 14.2. The third kappa shape index (κ3) is 3.24. The van der Waals surface area contributed by atoms with Crippen LogP contribution in [-0.2, 0) is 26.8 Å². The minimum Gasteiger partial charge on any atom is -0.364 e. The number of nitrogens with one attached hydrogen (secondary N) is 1. The van der Waals surface area contributed by atoms with Crippen molar-refractivity contribution in [3.05, 3.63) is 29.2 Å². The molecule has 0 aliphatic rings. The largest absolute Gasteiger partial charge is 0.435 e. The maximum atomic E-state index is 12.5. The van der Waals surface area contributed by atoms with Gasteiger partial charge >= 0.3 is 6.18 Å². The van der Waals surface area contributed by atoms with Gasteiger partial charge in [-0.05, 0) is 13.0 Å². The number of rotatable bonds is 3. The van der Waals surface area contributed by atoms with Gasteiger partial charge in [0.05, 0.1) is 18.4 Å². The fraction of sp³-hybridized carbons (Fsp3) is 0.455. The van der Waals surface area contributed by atoms with E-state index in [-0.39, 0.29) is 19.0 Å². The van der Waals surface area contributed by atoms with Gasteiger partial charge in [0.25, 0.3) is 0 Å². The van der Waals surface area contributed by atoms with Crippen LogP contribution in [0.1, 0.15) is 17.0 Å². The molecule has 0 amide bonds. The van der Waals surface area contributed by atoms with Crippen molar-refractivity contribution >= 4 is 18.2 Å². The summed E-state index contributed by atoms with van der Waals surface area (Å²) in [5, 5.41) is 10.6. The van der Waals surface area contributed by atoms with Crippen LogP contribution in [-0.4, -0.2) is 19.6 Å². The Balaban J connectivity index is 0.00000200. The normalized spacial score (nSPS) is 11.3. The number of hydrogen-bond donors (Lipinski definition) is 1. The molecule has 0 aliphatic carbocycles. The lowest BCUT2D eigenvalue weighted by molar-refractivity contribution is -0.141. The summed E-state index contributed by atoms with van der Waals surface area (Å²) in [4.78, 5) is 0. The molecule has 2 rings (SSSR count). The van der Waals surface area contributed by atoms with E-state index in [2.05, 4.69) is 15.5 Å². The van der Waals surface area contributed by atoms with E-state index in [0.717, 1.165) is 17.4 Å². The zero-order valence-corrected chi connectivity index (χ0v) is 12.0. The summed E-state index contributed by atoms with van der Waals surface area (Å²) >= 11 is 0. The van der Waals surface area contributed by atoms with Gasteiger partial charge in [0, 0.05) is 19.7 Å². The molecule has 0 unspecified atom stereocenters. The minimum absolute atomic E-state index is 0. The first-order valence-electron chi connectivity index (χ1n) is 5.61. The molecule has 112 valence electrons. The van der Waals surface area contributed by atoms with Gasteiger partial charge in [0.2, 0.25) is 0 Å². The first-order chi connectivity index (χ1) is 8.79. The third-order valence-electron chi connectivity index (χ3n) is 2.83. The number of hydrogen-bond acceptors (Lipinski definition) is 3. The first-order valence-corrected chi connectivity index (χ1v) is 5.61. The van der Waals surface area contributed by atoms with E-state index >= 15 is 0 Å². The highest BCUT2D eigenvalue weighted by atomic mass is 35.5. The fourth-order valence-electron chi connectivity index (χ4n) is 1.79. The van der Waals surface area contributed by atoms with E-state index in [9.17, 15) is 13.2 Å². The third-order valence-corrected chi connectivity index (χ3v) is 2.83. The Kier molecular flexibility index (Phi) is 4.69. The summed E-state index contributed by atoms with van der Waals surface area (Å²) in [5.41, 5.74) is 0.502. The highest BCUT2D eigenvalue weighted by Gasteiger charge is 2.34. The molecular weight excluding hydrogens is 295 g/mol. The SMILES string of the molecule is Cc1cnn(C)c1NCc1cc(C(F)(F)F)nn1C.Cl. The molecule has 1 N–H and O–H groups in total. The van der Waals surface area contributed by atoms with E-state index in [1.807, 2.05) is 6.92 Å². The molecule has 0 saturated heterocycles. The van der Waals surface area contributed by atoms with Gasteiger partial charge in [-0.15, -0.1) is 12.4 Å². The Hall–Kier alpha value is -1.70. The van der Waals surface area contributed by atoms with Crippen LogP contribution in [0.3, 0.4) is 0 Å². The first kappa shape index (κ1) is 16.4. The maximum Gasteiger partial charge on any atom is 0.435 e. The van der Waals surface area contributed by atoms with Gasteiger partial charge in [0.1, 0.15) is 5.82 Å². The lowest BCUT2D eigenvalue weighted by Gasteiger charge is -2.07. The zero-order valence-electron chi connectivity index (χ0n) is 11.2. The van der Waals surface area contributed by atoms with E-state index < -0.39 is 11.9 Å². The molecule has 0 radical (unpaired) electrons. The van der Waals surface area contributed by atoms with Crippen molar-refractivity contribution in [2.24, 2.45) is 14.1 Å². The Morgan fingerprint density at radius 3 is 2.35 bits per heavy atom. The minimum atomic E-state index is -4.42. The number of aromatic nitrogens is 4. The molecule has 2 aromatic rings. The van der Waals surface area contributed by atoms with Crippen LogP contribution < -0.4 is 5.32 Å². The van der Waals surface area contributed by atoms with Crippen molar-refractivity contribution in [2.45, 2.75) is 19.6 Å². The molecule has 2 heterocycles. The second kappa shape index (κ2) is 5.74. The van der Waals surface area contributed by atoms with Gasteiger partial charge in [-0.1, -0.05) is 0 Å². The van der Waals surface area contributed by atoms with Crippen LogP contribution >= 0.6 is 12.4 Å². The van der Waals surface area contributed by atoms with Crippen LogP contribution in [0.5, 0.6) is 0 Å². The molecule has 0 aliphatic heterocycles. The molecular formula is C11H15ClF3N5. The fourth-order valence-corrected chi connectivity index (χ4v) is 1.79. The van der Waals surface area contributed by atoms with Crippen LogP contribution in [0, 0.1) is 6.92 Å². The summed E-state index contributed by atoms with van der Waals surface area (Å²) in [6, 6.07) is 1.04. The predicted molar refractivity (Wildman–Crippen MR) is 70.7 cm³/mol. The Bertz CT molecular complexity index is 568. The Morgan fingerprint density at radius 1 is 1.25 bits per heavy atom. The van der Waals surface area contributed by atoms with Gasteiger partial charge < -0.3 is 5.32 Å². The molecule has 0 bridgehead atoms. The van der Waals surface area contributed by atoms with E-state index in [4.69, 9.17) is 0 Å². The topological polar surface area (TPSA) is 47.7 Å². The van der Waals surface area contributed by atoms with Crippen molar-refractivity contribution in [3.63, 3.8) is 0 Å². The molecule has 5 nitrogen and oxygen atoms in total. The summed E-state index contributed by atoms with van der Waals surface area (Å²) in [6.45, 7) is 2.12. The smallest absolute Gasteiger partial charge is 0.364 e. The second-order valence-electron chi connectivity index (χ2n) is 4.30. The van der Waals surface area contributed by atoms with Crippen LogP contribution in [0.25, 0.3) is 0 Å². The van der Waals surface area contributed by atoms with Crippen LogP contribution in [0.4, 0.5) is 19.0 Å². The monoisotopic (exact) mass is 309 g/mol. The van der Waals surface area contributed by atoms with E-state index in [0.29, 0.717) is 5.69 Å². The van der Waals surface area contributed by atoms with Gasteiger partial charge in [-0.2, -0.15) is 23.4 Å². The predicted octanol–water partition coefficient (Wildman–Crippen LogP) is 2.51. The van der Waals surface area contributed by atoms with E-state index in [1.54, 1.807) is 17.9 Å². The van der Waals surface area contributed by atoms with Crippen molar-refractivity contribution < 1.29 is 13.2 Å². The van der Waals surface area contributed by atoms with Gasteiger partial charge in [-0.25, -0.2) is 0 Å². The lowest BCUT2D eigenvalue weighted by atomic mass is 10.3. The summed E-state index contributed by atoms with van der Waals surface area (Å²) < 4.78 is 40.4. The van der Waals surface area contributed by atoms with Crippen molar-refractivity contribution in [1.29, 1.82) is 0 Å². The van der Waals surface area contributed by atoms with Gasteiger partial charge in [-0.3, -0.25) is 9.36 Å². The van der Waals surface area contributed by atoms with E-state index in [1.165, 1.54) is 11.7 Å². The number of alkyl halides is 3. The van der Waals surface area contributed by atoms with Crippen molar-refractivity contribution in [3.8, 4) is 0 Å². The van der Waals surface area contributed by atoms with Crippen LogP contribution in [0.2, 0.25) is 0 Å². The summed E-state index contributed by atoms with van der Waals surface area (Å²) in [7, 11) is 3.25. The van der Waals surface area contributed by atoms with Crippen molar-refractivity contribution in [1.82, 2.24) is 19.6 Å². The molecule has 0 fully saturated rings. The van der Waals surface area contributed by atoms with Crippen molar-refractivity contribution in [2.75, 3.05) is 5.32 Å². The lowest BCUT2D eigenvalue weighted by Crippen LogP contribution is -2.09. The van der Waals surface area contributed by atoms with Gasteiger partial charge in [0.15, 0.2) is 5.69 Å². The molecule has 20 heavy (non-hydrogen) atoms. The molecule has 2 aromatic heterocycles. The number of nitrogens with zero attached hydrogens (tertiary/aromatic N) is 4. The Morgan fingerprint density at radius 2 is 1.90 bits per heavy atom. The summed E-state index contributed by atoms with van der Waals surface area (Å²) in [6.07, 6.45) is -2.73. The standard InChI is InChI=1S/C11H14F3N5.ClH/c1-7-5-16-19(3)10(7)15-6-8-4-9(11(12,13)14)17-18(8)2;/h4-5,15H,6H2,1-3H3;1H. The highest BCUT2D eigenvalue weighted by Crippen LogP contribution is 2.28. The second-order valence-corrected chi connectivity index (χ2v) is 4.30. The van der Waals surface area contributed by atoms with Crippen LogP contribution in [0.15, 0.2) is 12.3 Å². The average molecular weight is 310 g/mol. The number of aryl methyl sites for hydroxylation is 3. The average Bonchev–Trinajstić information content (AvgIpc) is 2.81. The number of halogens is 4. The maximum absolute atomic E-state index is 12.5. The summed E-state index contributed by atoms with van der Waals surface area (Å²) in [5.74, 6) is 0.773. The molecule has 0 aromatic carbocycles. The highest BCUT2D eigenvalue weighted by molar-refractivity contribution is 5.85. The number of anilines is 1. The molecule has 9 heteroatoms. The molecule has 0 saturated carbocycles.